The van der Waals surface area contributed by atoms with Gasteiger partial charge in [-0.3, -0.25) is 9.52 Å². The van der Waals surface area contributed by atoms with Crippen molar-refractivity contribution >= 4 is 22.3 Å². The third-order valence-corrected chi connectivity index (χ3v) is 4.63. The molecule has 6 nitrogen and oxygen atoms in total. The molecule has 2 rings (SSSR count). The molecule has 0 unspecified atom stereocenters. The molecule has 1 atom stereocenters. The molecule has 1 heterocycles. The predicted octanol–water partition coefficient (Wildman–Crippen LogP) is 1.57. The normalized spacial score (nSPS) is 12.3. The zero-order chi connectivity index (χ0) is 16.5. The molecule has 2 N–H and O–H groups in total. The number of aryl methyl sites for hydroxylation is 1. The Morgan fingerprint density at radius 1 is 1.09 bits per heavy atom. The van der Waals surface area contributed by atoms with Crippen LogP contribution in [0.3, 0.4) is 0 Å². The number of carbonyl (C=O) groups excluding carboxylic acids is 1. The summed E-state index contributed by atoms with van der Waals surface area (Å²) in [4.78, 5) is 14.7. The van der Waals surface area contributed by atoms with E-state index in [2.05, 4.69) is 15.0 Å². The molecule has 1 amide bonds. The van der Waals surface area contributed by atoms with E-state index in [0.29, 0.717) is 19.3 Å². The predicted molar refractivity (Wildman–Crippen MR) is 89.4 cm³/mol. The Morgan fingerprint density at radius 2 is 1.83 bits per heavy atom. The van der Waals surface area contributed by atoms with Gasteiger partial charge < -0.3 is 5.32 Å². The first-order valence-electron chi connectivity index (χ1n) is 7.24. The summed E-state index contributed by atoms with van der Waals surface area (Å²) in [5.74, 6) is 0.0650. The first-order chi connectivity index (χ1) is 11.1. The molecule has 0 aliphatic rings. The van der Waals surface area contributed by atoms with Crippen LogP contribution in [0.1, 0.15) is 12.0 Å². The fraction of sp³-hybridized carbons (Fsp3) is 0.250. The van der Waals surface area contributed by atoms with Crippen LogP contribution >= 0.6 is 0 Å². The van der Waals surface area contributed by atoms with Gasteiger partial charge >= 0.3 is 0 Å². The maximum atomic E-state index is 12.2. The van der Waals surface area contributed by atoms with E-state index in [0.717, 1.165) is 5.56 Å². The molecule has 0 saturated carbocycles. The lowest BCUT2D eigenvalue weighted by Gasteiger charge is -2.17. The highest BCUT2D eigenvalue weighted by Crippen LogP contribution is 2.09. The van der Waals surface area contributed by atoms with Crippen molar-refractivity contribution in [2.75, 3.05) is 10.5 Å². The van der Waals surface area contributed by atoms with E-state index in [1.165, 1.54) is 6.20 Å². The van der Waals surface area contributed by atoms with Crippen LogP contribution in [0.25, 0.3) is 0 Å². The Balaban J connectivity index is 1.96. The molecule has 7 heteroatoms. The zero-order valence-corrected chi connectivity index (χ0v) is 13.4. The van der Waals surface area contributed by atoms with Gasteiger partial charge in [0.25, 0.3) is 0 Å². The first kappa shape index (κ1) is 17.0. The average molecular weight is 333 g/mol. The van der Waals surface area contributed by atoms with E-state index in [4.69, 9.17) is 0 Å². The summed E-state index contributed by atoms with van der Waals surface area (Å²) in [6.07, 6.45) is 3.26. The maximum Gasteiger partial charge on any atom is 0.235 e. The molecule has 0 saturated heterocycles. The third kappa shape index (κ3) is 6.07. The molecular weight excluding hydrogens is 314 g/mol. The molecule has 0 radical (unpaired) electrons. The lowest BCUT2D eigenvalue weighted by atomic mass is 10.1. The lowest BCUT2D eigenvalue weighted by Crippen LogP contribution is -2.37. The van der Waals surface area contributed by atoms with Crippen LogP contribution in [0.5, 0.6) is 0 Å². The third-order valence-electron chi connectivity index (χ3n) is 3.27. The second-order valence-electron chi connectivity index (χ2n) is 5.10. The minimum Gasteiger partial charge on any atom is -0.355 e. The highest BCUT2D eigenvalue weighted by molar-refractivity contribution is 7.92. The Labute approximate surface area is 136 Å². The van der Waals surface area contributed by atoms with Crippen LogP contribution in [0.4, 0.5) is 5.82 Å². The van der Waals surface area contributed by atoms with Gasteiger partial charge in [-0.05, 0) is 30.5 Å². The zero-order valence-electron chi connectivity index (χ0n) is 12.6. The molecule has 122 valence electrons. The molecule has 0 aliphatic heterocycles. The van der Waals surface area contributed by atoms with Gasteiger partial charge in [0, 0.05) is 12.2 Å². The van der Waals surface area contributed by atoms with Gasteiger partial charge in [-0.2, -0.15) is 0 Å². The van der Waals surface area contributed by atoms with Crippen LogP contribution in [-0.2, 0) is 21.2 Å². The van der Waals surface area contributed by atoms with Gasteiger partial charge in [-0.15, -0.1) is 0 Å². The second-order valence-corrected chi connectivity index (χ2v) is 6.87. The molecule has 1 aromatic carbocycles. The number of nitrogens with one attached hydrogen (secondary N) is 2. The Bertz CT molecular complexity index is 706. The van der Waals surface area contributed by atoms with Crippen molar-refractivity contribution in [1.82, 2.24) is 10.3 Å². The Morgan fingerprint density at radius 3 is 2.48 bits per heavy atom. The largest absolute Gasteiger partial charge is 0.355 e. The van der Waals surface area contributed by atoms with Crippen molar-refractivity contribution in [2.45, 2.75) is 18.9 Å². The number of hydrogen-bond acceptors (Lipinski definition) is 4. The van der Waals surface area contributed by atoms with E-state index < -0.39 is 16.1 Å². The fourth-order valence-electron chi connectivity index (χ4n) is 2.19. The Hall–Kier alpha value is -2.41. The molecular formula is C16H19N3O3S. The molecule has 23 heavy (non-hydrogen) atoms. The van der Waals surface area contributed by atoms with Crippen molar-refractivity contribution in [1.29, 1.82) is 0 Å². The van der Waals surface area contributed by atoms with Crippen molar-refractivity contribution < 1.29 is 13.2 Å². The topological polar surface area (TPSA) is 88.2 Å². The average Bonchev–Trinajstić information content (AvgIpc) is 2.54. The van der Waals surface area contributed by atoms with Gasteiger partial charge in [0.15, 0.2) is 0 Å². The summed E-state index contributed by atoms with van der Waals surface area (Å²) in [6, 6.07) is 14.2. The minimum absolute atomic E-state index is 0.199. The standard InChI is InChI=1S/C16H19N3O3S/c20-13-18-15(10-9-14-6-2-1-3-7-14)12-23(21,22)19-16-8-4-5-11-17-16/h1-8,11,13,15H,9-10,12H2,(H,17,19)(H,18,20)/t15-/m0/s1. The quantitative estimate of drug-likeness (QED) is 0.682. The van der Waals surface area contributed by atoms with E-state index in [1.807, 2.05) is 30.3 Å². The lowest BCUT2D eigenvalue weighted by molar-refractivity contribution is -0.110. The fourth-order valence-corrected chi connectivity index (χ4v) is 3.50. The summed E-state index contributed by atoms with van der Waals surface area (Å²) in [7, 11) is -3.59. The van der Waals surface area contributed by atoms with Gasteiger partial charge in [0.2, 0.25) is 16.4 Å². The molecule has 2 aromatic rings. The van der Waals surface area contributed by atoms with Crippen LogP contribution in [0.2, 0.25) is 0 Å². The summed E-state index contributed by atoms with van der Waals surface area (Å²) < 4.78 is 26.8. The first-order valence-corrected chi connectivity index (χ1v) is 8.89. The monoisotopic (exact) mass is 333 g/mol. The van der Waals surface area contributed by atoms with Gasteiger partial charge in [-0.25, -0.2) is 13.4 Å². The number of sulfonamides is 1. The molecule has 0 spiro atoms. The Kier molecular flexibility index (Phi) is 6.10. The number of hydrogen-bond donors (Lipinski definition) is 2. The summed E-state index contributed by atoms with van der Waals surface area (Å²) in [5, 5.41) is 2.57. The smallest absolute Gasteiger partial charge is 0.235 e. The van der Waals surface area contributed by atoms with Gasteiger partial charge in [0.1, 0.15) is 5.82 Å². The van der Waals surface area contributed by atoms with Crippen molar-refractivity contribution in [2.24, 2.45) is 0 Å². The number of amides is 1. The van der Waals surface area contributed by atoms with Crippen molar-refractivity contribution in [3.05, 3.63) is 60.3 Å². The number of aromatic nitrogens is 1. The highest BCUT2D eigenvalue weighted by Gasteiger charge is 2.19. The van der Waals surface area contributed by atoms with Crippen LogP contribution < -0.4 is 10.0 Å². The number of rotatable bonds is 9. The van der Waals surface area contributed by atoms with Crippen molar-refractivity contribution in [3.63, 3.8) is 0 Å². The van der Waals surface area contributed by atoms with Crippen LogP contribution in [0, 0.1) is 0 Å². The van der Waals surface area contributed by atoms with E-state index in [9.17, 15) is 13.2 Å². The van der Waals surface area contributed by atoms with Crippen molar-refractivity contribution in [3.8, 4) is 0 Å². The van der Waals surface area contributed by atoms with Crippen LogP contribution in [-0.4, -0.2) is 31.6 Å². The molecule has 0 aliphatic carbocycles. The molecule has 0 bridgehead atoms. The van der Waals surface area contributed by atoms with Crippen LogP contribution in [0.15, 0.2) is 54.7 Å². The molecule has 0 fully saturated rings. The number of nitrogens with zero attached hydrogens (tertiary/aromatic N) is 1. The van der Waals surface area contributed by atoms with E-state index in [-0.39, 0.29) is 11.6 Å². The number of benzene rings is 1. The van der Waals surface area contributed by atoms with Gasteiger partial charge in [0.05, 0.1) is 5.75 Å². The summed E-state index contributed by atoms with van der Waals surface area (Å²) in [6.45, 7) is 0. The number of anilines is 1. The minimum atomic E-state index is -3.59. The second kappa shape index (κ2) is 8.28. The van der Waals surface area contributed by atoms with Gasteiger partial charge in [-0.1, -0.05) is 36.4 Å². The van der Waals surface area contributed by atoms with E-state index >= 15 is 0 Å². The SMILES string of the molecule is O=CN[C@@H](CCc1ccccc1)CS(=O)(=O)Nc1ccccn1. The molecule has 1 aromatic heterocycles. The number of carbonyl (C=O) groups is 1. The highest BCUT2D eigenvalue weighted by atomic mass is 32.2. The maximum absolute atomic E-state index is 12.2. The summed E-state index contributed by atoms with van der Waals surface area (Å²) >= 11 is 0. The van der Waals surface area contributed by atoms with E-state index in [1.54, 1.807) is 18.2 Å². The summed E-state index contributed by atoms with van der Waals surface area (Å²) in [5.41, 5.74) is 1.10. The number of pyridine rings is 1.